The van der Waals surface area contributed by atoms with Crippen LogP contribution in [-0.4, -0.2) is 44.8 Å². The molecule has 2 saturated carbocycles. The van der Waals surface area contributed by atoms with Gasteiger partial charge in [0.25, 0.3) is 5.91 Å². The van der Waals surface area contributed by atoms with Gasteiger partial charge in [-0.2, -0.15) is 0 Å². The molecular formula is C17H22N4O2. The minimum Gasteiger partial charge on any atom is -0.389 e. The van der Waals surface area contributed by atoms with Crippen molar-refractivity contribution in [1.29, 1.82) is 0 Å². The number of oxime groups is 1. The molecule has 1 aromatic rings. The summed E-state index contributed by atoms with van der Waals surface area (Å²) in [7, 11) is 0. The Kier molecular flexibility index (Phi) is 2.58. The number of imidazole rings is 1. The molecule has 6 heteroatoms. The second-order valence-corrected chi connectivity index (χ2v) is 8.11. The highest BCUT2D eigenvalue weighted by atomic mass is 16.7. The molecule has 23 heavy (non-hydrogen) atoms. The standard InChI is InChI=1S/C17H22N4O2/c1-17(2)5-13(19-23-17)15-11-6-20(7-12(11)15)16(22)14-8-21(9-18-14)10-3-4-10/h8-12,15H,3-7H2,1-2H3/t11-,12-/m1/s1. The van der Waals surface area contributed by atoms with Crippen LogP contribution in [0, 0.1) is 17.8 Å². The lowest BCUT2D eigenvalue weighted by Crippen LogP contribution is -2.33. The zero-order valence-electron chi connectivity index (χ0n) is 13.6. The largest absolute Gasteiger partial charge is 0.389 e. The van der Waals surface area contributed by atoms with Gasteiger partial charge >= 0.3 is 0 Å². The summed E-state index contributed by atoms with van der Waals surface area (Å²) in [5.41, 5.74) is 1.64. The van der Waals surface area contributed by atoms with Gasteiger partial charge in [-0.3, -0.25) is 4.79 Å². The maximum atomic E-state index is 12.6. The van der Waals surface area contributed by atoms with Crippen LogP contribution >= 0.6 is 0 Å². The van der Waals surface area contributed by atoms with Crippen molar-refractivity contribution in [2.24, 2.45) is 22.9 Å². The summed E-state index contributed by atoms with van der Waals surface area (Å²) in [5.74, 6) is 1.76. The number of likely N-dealkylation sites (tertiary alicyclic amines) is 1. The maximum absolute atomic E-state index is 12.6. The molecule has 122 valence electrons. The van der Waals surface area contributed by atoms with Gasteiger partial charge in [0, 0.05) is 37.7 Å². The molecule has 5 rings (SSSR count). The van der Waals surface area contributed by atoms with Gasteiger partial charge in [0.15, 0.2) is 0 Å². The second-order valence-electron chi connectivity index (χ2n) is 8.11. The van der Waals surface area contributed by atoms with Gasteiger partial charge in [-0.05, 0) is 38.5 Å². The Bertz CT molecular complexity index is 691. The van der Waals surface area contributed by atoms with Crippen LogP contribution in [0.15, 0.2) is 17.7 Å². The zero-order valence-corrected chi connectivity index (χ0v) is 13.6. The van der Waals surface area contributed by atoms with Gasteiger partial charge in [0.05, 0.1) is 12.0 Å². The molecule has 4 aliphatic rings. The molecule has 2 atom stereocenters. The van der Waals surface area contributed by atoms with E-state index < -0.39 is 0 Å². The number of fused-ring (bicyclic) bond motifs is 1. The third-order valence-corrected chi connectivity index (χ3v) is 5.67. The van der Waals surface area contributed by atoms with Gasteiger partial charge < -0.3 is 14.3 Å². The van der Waals surface area contributed by atoms with Crippen LogP contribution in [0.1, 0.15) is 49.6 Å². The third kappa shape index (κ3) is 2.18. The fourth-order valence-electron chi connectivity index (χ4n) is 4.23. The molecule has 3 heterocycles. The van der Waals surface area contributed by atoms with E-state index in [1.165, 1.54) is 18.6 Å². The number of hydrogen-bond donors (Lipinski definition) is 0. The lowest BCUT2D eigenvalue weighted by atomic mass is 9.98. The Labute approximate surface area is 135 Å². The molecule has 0 N–H and O–H groups in total. The van der Waals surface area contributed by atoms with Crippen LogP contribution in [0.3, 0.4) is 0 Å². The summed E-state index contributed by atoms with van der Waals surface area (Å²) in [6.07, 6.45) is 7.06. The smallest absolute Gasteiger partial charge is 0.274 e. The molecule has 2 aliphatic heterocycles. The Morgan fingerprint density at radius 3 is 2.65 bits per heavy atom. The monoisotopic (exact) mass is 314 g/mol. The predicted molar refractivity (Wildman–Crippen MR) is 84.1 cm³/mol. The first-order chi connectivity index (χ1) is 11.0. The molecule has 0 spiro atoms. The van der Waals surface area contributed by atoms with Crippen molar-refractivity contribution >= 4 is 11.6 Å². The first-order valence-electron chi connectivity index (χ1n) is 8.59. The quantitative estimate of drug-likeness (QED) is 0.858. The number of amides is 1. The summed E-state index contributed by atoms with van der Waals surface area (Å²) in [6.45, 7) is 5.83. The van der Waals surface area contributed by atoms with E-state index in [4.69, 9.17) is 4.84 Å². The number of piperidine rings is 1. The van der Waals surface area contributed by atoms with Crippen LogP contribution in [-0.2, 0) is 4.84 Å². The van der Waals surface area contributed by atoms with Crippen molar-refractivity contribution in [3.63, 3.8) is 0 Å². The summed E-state index contributed by atoms with van der Waals surface area (Å²) < 4.78 is 2.08. The van der Waals surface area contributed by atoms with E-state index in [-0.39, 0.29) is 11.5 Å². The molecule has 0 unspecified atom stereocenters. The van der Waals surface area contributed by atoms with Crippen LogP contribution in [0.2, 0.25) is 0 Å². The van der Waals surface area contributed by atoms with Crippen LogP contribution < -0.4 is 0 Å². The van der Waals surface area contributed by atoms with Crippen LogP contribution in [0.25, 0.3) is 0 Å². The van der Waals surface area contributed by atoms with Crippen LogP contribution in [0.5, 0.6) is 0 Å². The van der Waals surface area contributed by atoms with Crippen molar-refractivity contribution in [2.75, 3.05) is 13.1 Å². The Morgan fingerprint density at radius 2 is 2.04 bits per heavy atom. The molecule has 0 radical (unpaired) electrons. The number of aromatic nitrogens is 2. The van der Waals surface area contributed by atoms with E-state index >= 15 is 0 Å². The summed E-state index contributed by atoms with van der Waals surface area (Å²) >= 11 is 0. The lowest BCUT2D eigenvalue weighted by molar-refractivity contribution is 0.0123. The van der Waals surface area contributed by atoms with Crippen molar-refractivity contribution in [3.05, 3.63) is 18.2 Å². The van der Waals surface area contributed by atoms with Gasteiger partial charge in [0.1, 0.15) is 11.3 Å². The number of rotatable bonds is 3. The predicted octanol–water partition coefficient (Wildman–Crippen LogP) is 2.09. The van der Waals surface area contributed by atoms with E-state index in [1.807, 2.05) is 11.1 Å². The number of hydrogen-bond acceptors (Lipinski definition) is 4. The molecule has 2 aliphatic carbocycles. The van der Waals surface area contributed by atoms with Crippen molar-refractivity contribution in [1.82, 2.24) is 14.5 Å². The number of carbonyl (C=O) groups is 1. The van der Waals surface area contributed by atoms with Crippen molar-refractivity contribution in [3.8, 4) is 0 Å². The molecular weight excluding hydrogens is 292 g/mol. The highest BCUT2D eigenvalue weighted by molar-refractivity contribution is 5.94. The normalized spacial score (nSPS) is 34.1. The zero-order chi connectivity index (χ0) is 15.8. The first-order valence-corrected chi connectivity index (χ1v) is 8.59. The van der Waals surface area contributed by atoms with Gasteiger partial charge in [-0.15, -0.1) is 0 Å². The highest BCUT2D eigenvalue weighted by Gasteiger charge is 2.60. The maximum Gasteiger partial charge on any atom is 0.274 e. The van der Waals surface area contributed by atoms with E-state index in [0.29, 0.717) is 29.5 Å². The van der Waals surface area contributed by atoms with E-state index in [0.717, 1.165) is 19.5 Å². The highest BCUT2D eigenvalue weighted by Crippen LogP contribution is 2.54. The minimum atomic E-state index is -0.155. The van der Waals surface area contributed by atoms with Gasteiger partial charge in [-0.25, -0.2) is 4.98 Å². The van der Waals surface area contributed by atoms with Gasteiger partial charge in [0.2, 0.25) is 0 Å². The van der Waals surface area contributed by atoms with Crippen molar-refractivity contribution < 1.29 is 9.63 Å². The molecule has 0 aromatic carbocycles. The summed E-state index contributed by atoms with van der Waals surface area (Å²) in [5, 5.41) is 4.29. The van der Waals surface area contributed by atoms with E-state index in [2.05, 4.69) is 28.6 Å². The van der Waals surface area contributed by atoms with Crippen LogP contribution in [0.4, 0.5) is 0 Å². The number of nitrogens with zero attached hydrogens (tertiary/aromatic N) is 4. The fourth-order valence-corrected chi connectivity index (χ4v) is 4.23. The minimum absolute atomic E-state index is 0.0836. The Balaban J connectivity index is 1.22. The Hall–Kier alpha value is -1.85. The fraction of sp³-hybridized carbons (Fsp3) is 0.706. The average molecular weight is 314 g/mol. The second kappa shape index (κ2) is 4.36. The van der Waals surface area contributed by atoms with E-state index in [9.17, 15) is 4.79 Å². The first kappa shape index (κ1) is 13.6. The molecule has 1 aromatic heterocycles. The SMILES string of the molecule is CC1(C)CC(C2[C@@H]3CN(C(=O)c4cn(C5CC5)cn4)C[C@@H]23)=NO1. The number of carbonyl (C=O) groups excluding carboxylic acids is 1. The lowest BCUT2D eigenvalue weighted by Gasteiger charge is -2.19. The Morgan fingerprint density at radius 1 is 1.30 bits per heavy atom. The molecule has 0 bridgehead atoms. The molecule has 6 nitrogen and oxygen atoms in total. The summed E-state index contributed by atoms with van der Waals surface area (Å²) in [4.78, 5) is 24.4. The van der Waals surface area contributed by atoms with Gasteiger partial charge in [-0.1, -0.05) is 5.16 Å². The summed E-state index contributed by atoms with van der Waals surface area (Å²) in [6, 6.07) is 0.573. The molecule has 1 saturated heterocycles. The molecule has 3 fully saturated rings. The topological polar surface area (TPSA) is 59.7 Å². The third-order valence-electron chi connectivity index (χ3n) is 5.67. The van der Waals surface area contributed by atoms with E-state index in [1.54, 1.807) is 6.33 Å². The van der Waals surface area contributed by atoms with Crippen molar-refractivity contribution in [2.45, 2.75) is 44.8 Å². The average Bonchev–Trinajstić information content (AvgIpc) is 3.30. The molecule has 1 amide bonds.